The number of rotatable bonds is 5. The van der Waals surface area contributed by atoms with Crippen molar-refractivity contribution in [2.24, 2.45) is 0 Å². The summed E-state index contributed by atoms with van der Waals surface area (Å²) in [5.74, 6) is -0.494. The van der Waals surface area contributed by atoms with E-state index in [4.69, 9.17) is 9.47 Å². The summed E-state index contributed by atoms with van der Waals surface area (Å²) in [4.78, 5) is 29.3. The third-order valence-electron chi connectivity index (χ3n) is 4.73. The van der Waals surface area contributed by atoms with Crippen molar-refractivity contribution in [2.75, 3.05) is 19.5 Å². The summed E-state index contributed by atoms with van der Waals surface area (Å²) in [7, 11) is 2.75. The van der Waals surface area contributed by atoms with Gasteiger partial charge >= 0.3 is 5.97 Å². The van der Waals surface area contributed by atoms with Crippen LogP contribution in [0.3, 0.4) is 0 Å². The Morgan fingerprint density at radius 3 is 2.50 bits per heavy atom. The number of hydrogen-bond acceptors (Lipinski definition) is 5. The zero-order chi connectivity index (χ0) is 21.1. The summed E-state index contributed by atoms with van der Waals surface area (Å²) in [6.07, 6.45) is 1.70. The molecule has 7 heteroatoms. The molecule has 0 saturated heterocycles. The smallest absolute Gasteiger partial charge is 0.341 e. The number of ether oxygens (including phenoxy) is 2. The van der Waals surface area contributed by atoms with Crippen molar-refractivity contribution in [3.8, 4) is 11.4 Å². The molecule has 4 rings (SSSR count). The average molecular weight is 401 g/mol. The maximum atomic E-state index is 13.1. The fourth-order valence-electron chi connectivity index (χ4n) is 3.27. The van der Waals surface area contributed by atoms with Gasteiger partial charge in [0, 0.05) is 11.8 Å². The molecule has 0 radical (unpaired) electrons. The Labute approximate surface area is 172 Å². The lowest BCUT2D eigenvalue weighted by Gasteiger charge is -2.13. The van der Waals surface area contributed by atoms with Crippen molar-refractivity contribution in [3.63, 3.8) is 0 Å². The van der Waals surface area contributed by atoms with Crippen molar-refractivity contribution >= 4 is 28.6 Å². The van der Waals surface area contributed by atoms with E-state index in [0.717, 1.165) is 11.0 Å². The van der Waals surface area contributed by atoms with E-state index in [2.05, 4.69) is 10.3 Å². The molecule has 1 heterocycles. The first-order valence-electron chi connectivity index (χ1n) is 9.21. The van der Waals surface area contributed by atoms with Crippen LogP contribution in [-0.4, -0.2) is 35.6 Å². The highest BCUT2D eigenvalue weighted by atomic mass is 16.5. The molecule has 1 amide bonds. The molecule has 0 fully saturated rings. The monoisotopic (exact) mass is 401 g/mol. The Morgan fingerprint density at radius 2 is 1.70 bits per heavy atom. The lowest BCUT2D eigenvalue weighted by Crippen LogP contribution is -2.15. The first kappa shape index (κ1) is 19.2. The molecule has 7 nitrogen and oxygen atoms in total. The quantitative estimate of drug-likeness (QED) is 0.510. The van der Waals surface area contributed by atoms with E-state index >= 15 is 0 Å². The number of nitrogens with zero attached hydrogens (tertiary/aromatic N) is 2. The van der Waals surface area contributed by atoms with Gasteiger partial charge in [0.15, 0.2) is 0 Å². The Balaban J connectivity index is 1.68. The highest BCUT2D eigenvalue weighted by Gasteiger charge is 2.17. The highest BCUT2D eigenvalue weighted by Crippen LogP contribution is 2.26. The van der Waals surface area contributed by atoms with Gasteiger partial charge in [-0.2, -0.15) is 0 Å². The number of fused-ring (bicyclic) bond motifs is 1. The number of imidazole rings is 1. The molecule has 3 aromatic carbocycles. The van der Waals surface area contributed by atoms with E-state index in [1.54, 1.807) is 36.7 Å². The van der Waals surface area contributed by atoms with E-state index < -0.39 is 5.97 Å². The molecular weight excluding hydrogens is 382 g/mol. The van der Waals surface area contributed by atoms with E-state index in [1.165, 1.54) is 14.2 Å². The number of aromatic nitrogens is 2. The fourth-order valence-corrected chi connectivity index (χ4v) is 3.27. The molecule has 1 aromatic heterocycles. The minimum atomic E-state index is -0.512. The molecule has 0 aliphatic carbocycles. The van der Waals surface area contributed by atoms with E-state index in [9.17, 15) is 9.59 Å². The van der Waals surface area contributed by atoms with E-state index in [1.807, 2.05) is 41.0 Å². The fraction of sp³-hybridized carbons (Fsp3) is 0.0870. The van der Waals surface area contributed by atoms with Crippen LogP contribution in [-0.2, 0) is 4.74 Å². The van der Waals surface area contributed by atoms with Gasteiger partial charge in [-0.3, -0.25) is 9.36 Å². The number of esters is 1. The van der Waals surface area contributed by atoms with Gasteiger partial charge in [0.1, 0.15) is 17.6 Å². The summed E-state index contributed by atoms with van der Waals surface area (Å²) in [6, 6.07) is 19.8. The molecular formula is C23H19N3O4. The number of hydrogen-bond donors (Lipinski definition) is 1. The number of carbonyl (C=O) groups excluding carboxylic acids is 2. The molecule has 150 valence electrons. The normalized spacial score (nSPS) is 10.6. The first-order valence-corrected chi connectivity index (χ1v) is 9.21. The Kier molecular flexibility index (Phi) is 5.17. The minimum Gasteiger partial charge on any atom is -0.496 e. The van der Waals surface area contributed by atoms with Gasteiger partial charge in [0.25, 0.3) is 5.91 Å². The van der Waals surface area contributed by atoms with Crippen LogP contribution in [0.4, 0.5) is 5.69 Å². The van der Waals surface area contributed by atoms with Gasteiger partial charge in [0.05, 0.1) is 36.5 Å². The summed E-state index contributed by atoms with van der Waals surface area (Å²) in [6.45, 7) is 0. The summed E-state index contributed by atoms with van der Waals surface area (Å²) in [5.41, 5.74) is 3.72. The topological polar surface area (TPSA) is 82.5 Å². The molecule has 0 aliphatic rings. The molecule has 30 heavy (non-hydrogen) atoms. The summed E-state index contributed by atoms with van der Waals surface area (Å²) in [5, 5.41) is 2.86. The number of amides is 1. The van der Waals surface area contributed by atoms with Crippen molar-refractivity contribution in [2.45, 2.75) is 0 Å². The molecule has 0 unspecified atom stereocenters. The number of methoxy groups -OCH3 is 2. The second kappa shape index (κ2) is 8.08. The van der Waals surface area contributed by atoms with Crippen LogP contribution in [0.25, 0.3) is 16.7 Å². The van der Waals surface area contributed by atoms with Gasteiger partial charge in [-0.05, 0) is 36.4 Å². The average Bonchev–Trinajstić information content (AvgIpc) is 3.22. The zero-order valence-corrected chi connectivity index (χ0v) is 16.5. The number of anilines is 1. The van der Waals surface area contributed by atoms with Crippen molar-refractivity contribution in [3.05, 3.63) is 84.2 Å². The van der Waals surface area contributed by atoms with Crippen LogP contribution in [0.1, 0.15) is 20.7 Å². The molecule has 0 bridgehead atoms. The summed E-state index contributed by atoms with van der Waals surface area (Å²) >= 11 is 0. The lowest BCUT2D eigenvalue weighted by atomic mass is 10.1. The summed E-state index contributed by atoms with van der Waals surface area (Å²) < 4.78 is 11.9. The predicted molar refractivity (Wildman–Crippen MR) is 113 cm³/mol. The molecule has 0 aliphatic heterocycles. The van der Waals surface area contributed by atoms with Crippen LogP contribution in [0.2, 0.25) is 0 Å². The van der Waals surface area contributed by atoms with Crippen LogP contribution in [0.5, 0.6) is 5.75 Å². The van der Waals surface area contributed by atoms with Gasteiger partial charge in [-0.15, -0.1) is 0 Å². The Hall–Kier alpha value is -4.13. The van der Waals surface area contributed by atoms with Crippen molar-refractivity contribution in [1.29, 1.82) is 0 Å². The van der Waals surface area contributed by atoms with Gasteiger partial charge in [0.2, 0.25) is 0 Å². The van der Waals surface area contributed by atoms with Crippen LogP contribution in [0.15, 0.2) is 73.1 Å². The highest BCUT2D eigenvalue weighted by molar-refractivity contribution is 6.07. The predicted octanol–water partition coefficient (Wildman–Crippen LogP) is 4.07. The van der Waals surface area contributed by atoms with Crippen LogP contribution < -0.4 is 10.1 Å². The number of nitrogens with one attached hydrogen (secondary N) is 1. The Bertz CT molecular complexity index is 1250. The maximum Gasteiger partial charge on any atom is 0.341 e. The maximum absolute atomic E-state index is 13.1. The third kappa shape index (κ3) is 3.48. The second-order valence-corrected chi connectivity index (χ2v) is 6.48. The first-order chi connectivity index (χ1) is 14.6. The molecule has 1 N–H and O–H groups in total. The lowest BCUT2D eigenvalue weighted by molar-refractivity contribution is 0.0597. The second-order valence-electron chi connectivity index (χ2n) is 6.48. The van der Waals surface area contributed by atoms with Gasteiger partial charge in [-0.1, -0.05) is 24.3 Å². The molecule has 0 atom stereocenters. The standard InChI is InChI=1S/C23H19N3O4/c1-29-21-13-15(11-12-17(21)23(28)30-2)25-22(27)16-7-3-5-9-19(16)26-14-24-18-8-4-6-10-20(18)26/h3-14H,1-2H3,(H,25,27). The van der Waals surface area contributed by atoms with Gasteiger partial charge < -0.3 is 14.8 Å². The number of para-hydroxylation sites is 3. The molecule has 4 aromatic rings. The molecule has 0 spiro atoms. The van der Waals surface area contributed by atoms with Gasteiger partial charge in [-0.25, -0.2) is 9.78 Å². The largest absolute Gasteiger partial charge is 0.496 e. The number of benzene rings is 3. The Morgan fingerprint density at radius 1 is 0.933 bits per heavy atom. The zero-order valence-electron chi connectivity index (χ0n) is 16.5. The van der Waals surface area contributed by atoms with Crippen molar-refractivity contribution < 1.29 is 19.1 Å². The SMILES string of the molecule is COC(=O)c1ccc(NC(=O)c2ccccc2-n2cnc3ccccc32)cc1OC. The van der Waals surface area contributed by atoms with Crippen LogP contribution in [0, 0.1) is 0 Å². The van der Waals surface area contributed by atoms with E-state index in [-0.39, 0.29) is 11.5 Å². The van der Waals surface area contributed by atoms with Crippen molar-refractivity contribution in [1.82, 2.24) is 9.55 Å². The third-order valence-corrected chi connectivity index (χ3v) is 4.73. The minimum absolute atomic E-state index is 0.281. The molecule has 0 saturated carbocycles. The number of carbonyl (C=O) groups is 2. The van der Waals surface area contributed by atoms with Crippen LogP contribution >= 0.6 is 0 Å². The van der Waals surface area contributed by atoms with E-state index in [0.29, 0.717) is 22.7 Å².